The fourth-order valence-electron chi connectivity index (χ4n) is 4.31. The number of fused-ring (bicyclic) bond motifs is 1. The highest BCUT2D eigenvalue weighted by Crippen LogP contribution is 2.40. The molecule has 0 fully saturated rings. The molecule has 1 aliphatic heterocycles. The number of hydrogen-bond donors (Lipinski definition) is 2. The quantitative estimate of drug-likeness (QED) is 0.609. The molecule has 33 heavy (non-hydrogen) atoms. The highest BCUT2D eigenvalue weighted by atomic mass is 16.3. The summed E-state index contributed by atoms with van der Waals surface area (Å²) < 4.78 is 2.09. The molecule has 1 aliphatic rings. The standard InChI is InChI=1S/C26H29N5O2/c1-16(20-7-6-8-22(29-20)26(4,5)33)24(32)30-23-11-17(9-10-28-23)19-12-18(14-27)31-15-25(2,3)13-21(19)31/h6-12,16,33H,13,15H2,1-5H3,(H,28,30,32)/t16-/m0/s1. The summed E-state index contributed by atoms with van der Waals surface area (Å²) in [5.41, 5.74) is 3.81. The molecule has 0 spiro atoms. The van der Waals surface area contributed by atoms with E-state index in [2.05, 4.69) is 39.8 Å². The average molecular weight is 444 g/mol. The van der Waals surface area contributed by atoms with Crippen LogP contribution in [0.4, 0.5) is 5.82 Å². The van der Waals surface area contributed by atoms with E-state index in [1.54, 1.807) is 45.2 Å². The van der Waals surface area contributed by atoms with Crippen LogP contribution >= 0.6 is 0 Å². The van der Waals surface area contributed by atoms with Crippen LogP contribution < -0.4 is 5.32 Å². The maximum Gasteiger partial charge on any atom is 0.234 e. The number of carbonyl (C=O) groups is 1. The first-order valence-corrected chi connectivity index (χ1v) is 11.1. The maximum absolute atomic E-state index is 12.9. The maximum atomic E-state index is 12.9. The van der Waals surface area contributed by atoms with Gasteiger partial charge in [-0.3, -0.25) is 9.78 Å². The Balaban J connectivity index is 1.58. The van der Waals surface area contributed by atoms with Gasteiger partial charge in [-0.1, -0.05) is 19.9 Å². The smallest absolute Gasteiger partial charge is 0.234 e. The summed E-state index contributed by atoms with van der Waals surface area (Å²) in [6.07, 6.45) is 2.55. The molecule has 1 atom stereocenters. The average Bonchev–Trinajstić information content (AvgIpc) is 3.25. The van der Waals surface area contributed by atoms with Gasteiger partial charge in [-0.25, -0.2) is 4.98 Å². The number of aliphatic hydroxyl groups is 1. The first-order chi connectivity index (χ1) is 15.5. The van der Waals surface area contributed by atoms with Crippen molar-refractivity contribution in [2.45, 2.75) is 59.1 Å². The van der Waals surface area contributed by atoms with Gasteiger partial charge in [0.2, 0.25) is 5.91 Å². The normalized spacial score (nSPS) is 15.5. The van der Waals surface area contributed by atoms with Gasteiger partial charge < -0.3 is 15.0 Å². The second-order valence-corrected chi connectivity index (χ2v) is 10.1. The molecule has 7 nitrogen and oxygen atoms in total. The van der Waals surface area contributed by atoms with Gasteiger partial charge in [0.15, 0.2) is 0 Å². The van der Waals surface area contributed by atoms with E-state index in [0.717, 1.165) is 29.8 Å². The predicted octanol–water partition coefficient (Wildman–Crippen LogP) is 4.37. The second kappa shape index (κ2) is 8.13. The van der Waals surface area contributed by atoms with Crippen molar-refractivity contribution >= 4 is 11.7 Å². The van der Waals surface area contributed by atoms with Crippen molar-refractivity contribution < 1.29 is 9.90 Å². The summed E-state index contributed by atoms with van der Waals surface area (Å²) in [6.45, 7) is 10.3. The van der Waals surface area contributed by atoms with Gasteiger partial charge in [-0.15, -0.1) is 0 Å². The minimum absolute atomic E-state index is 0.0983. The third-order valence-electron chi connectivity index (χ3n) is 6.11. The number of rotatable bonds is 5. The molecule has 170 valence electrons. The molecule has 0 saturated heterocycles. The molecule has 4 heterocycles. The van der Waals surface area contributed by atoms with Crippen molar-refractivity contribution in [3.8, 4) is 17.2 Å². The first kappa shape index (κ1) is 22.7. The zero-order chi connectivity index (χ0) is 24.0. The van der Waals surface area contributed by atoms with Crippen LogP contribution in [0.25, 0.3) is 11.1 Å². The summed E-state index contributed by atoms with van der Waals surface area (Å²) in [5, 5.41) is 22.7. The van der Waals surface area contributed by atoms with Gasteiger partial charge in [-0.05, 0) is 68.5 Å². The Kier molecular flexibility index (Phi) is 5.59. The number of nitrogens with zero attached hydrogens (tertiary/aromatic N) is 4. The number of carbonyl (C=O) groups excluding carboxylic acids is 1. The van der Waals surface area contributed by atoms with Crippen LogP contribution in [0.1, 0.15) is 63.3 Å². The predicted molar refractivity (Wildman–Crippen MR) is 126 cm³/mol. The molecular formula is C26H29N5O2. The number of aromatic nitrogens is 3. The summed E-state index contributed by atoms with van der Waals surface area (Å²) in [7, 11) is 0. The van der Waals surface area contributed by atoms with E-state index in [1.165, 1.54) is 0 Å². The number of nitriles is 1. The van der Waals surface area contributed by atoms with Crippen molar-refractivity contribution in [1.29, 1.82) is 5.26 Å². The Morgan fingerprint density at radius 2 is 2.06 bits per heavy atom. The van der Waals surface area contributed by atoms with Crippen molar-refractivity contribution in [2.24, 2.45) is 5.41 Å². The van der Waals surface area contributed by atoms with Crippen molar-refractivity contribution in [3.05, 3.63) is 65.4 Å². The van der Waals surface area contributed by atoms with Gasteiger partial charge in [0.1, 0.15) is 23.2 Å². The molecule has 0 aliphatic carbocycles. The fraction of sp³-hybridized carbons (Fsp3) is 0.385. The highest BCUT2D eigenvalue weighted by Gasteiger charge is 2.33. The Morgan fingerprint density at radius 1 is 1.30 bits per heavy atom. The van der Waals surface area contributed by atoms with Crippen molar-refractivity contribution in [3.63, 3.8) is 0 Å². The van der Waals surface area contributed by atoms with E-state index in [0.29, 0.717) is 22.9 Å². The molecular weight excluding hydrogens is 414 g/mol. The van der Waals surface area contributed by atoms with E-state index in [-0.39, 0.29) is 11.3 Å². The lowest BCUT2D eigenvalue weighted by molar-refractivity contribution is -0.117. The third-order valence-corrected chi connectivity index (χ3v) is 6.11. The van der Waals surface area contributed by atoms with Crippen molar-refractivity contribution in [2.75, 3.05) is 5.32 Å². The monoisotopic (exact) mass is 443 g/mol. The number of nitrogens with one attached hydrogen (secondary N) is 1. The SMILES string of the molecule is C[C@H](C(=O)Nc1cc(-c2cc(C#N)n3c2CC(C)(C)C3)ccn1)c1cccc(C(C)(C)O)n1. The Hall–Kier alpha value is -3.50. The lowest BCUT2D eigenvalue weighted by Gasteiger charge is -2.19. The van der Waals surface area contributed by atoms with E-state index in [4.69, 9.17) is 0 Å². The minimum Gasteiger partial charge on any atom is -0.384 e. The number of amides is 1. The van der Waals surface area contributed by atoms with Gasteiger partial charge >= 0.3 is 0 Å². The van der Waals surface area contributed by atoms with Crippen molar-refractivity contribution in [1.82, 2.24) is 14.5 Å². The lowest BCUT2D eigenvalue weighted by atomic mass is 9.89. The number of anilines is 1. The molecule has 4 rings (SSSR count). The minimum atomic E-state index is -1.09. The molecule has 7 heteroatoms. The molecule has 1 amide bonds. The molecule has 0 radical (unpaired) electrons. The Labute approximate surface area is 194 Å². The molecule has 0 saturated carbocycles. The fourth-order valence-corrected chi connectivity index (χ4v) is 4.31. The van der Waals surface area contributed by atoms with Crippen LogP contribution in [0.3, 0.4) is 0 Å². The zero-order valence-electron chi connectivity index (χ0n) is 19.7. The van der Waals surface area contributed by atoms with Gasteiger partial charge in [0.25, 0.3) is 0 Å². The van der Waals surface area contributed by atoms with Crippen LogP contribution in [0.2, 0.25) is 0 Å². The van der Waals surface area contributed by atoms with E-state index < -0.39 is 11.5 Å². The largest absolute Gasteiger partial charge is 0.384 e. The summed E-state index contributed by atoms with van der Waals surface area (Å²) in [6, 6.07) is 13.3. The lowest BCUT2D eigenvalue weighted by Crippen LogP contribution is -2.23. The zero-order valence-corrected chi connectivity index (χ0v) is 19.7. The summed E-state index contributed by atoms with van der Waals surface area (Å²) in [5.74, 6) is -0.317. The Morgan fingerprint density at radius 3 is 2.76 bits per heavy atom. The van der Waals surface area contributed by atoms with E-state index in [9.17, 15) is 15.2 Å². The van der Waals surface area contributed by atoms with Gasteiger partial charge in [0.05, 0.1) is 17.3 Å². The number of pyridine rings is 2. The second-order valence-electron chi connectivity index (χ2n) is 10.1. The summed E-state index contributed by atoms with van der Waals surface area (Å²) in [4.78, 5) is 21.7. The van der Waals surface area contributed by atoms with Crippen LogP contribution in [-0.2, 0) is 23.4 Å². The van der Waals surface area contributed by atoms with E-state index >= 15 is 0 Å². The summed E-state index contributed by atoms with van der Waals surface area (Å²) >= 11 is 0. The molecule has 0 unspecified atom stereocenters. The first-order valence-electron chi connectivity index (χ1n) is 11.1. The molecule has 0 aromatic carbocycles. The van der Waals surface area contributed by atoms with Crippen LogP contribution in [-0.4, -0.2) is 25.5 Å². The molecule has 3 aromatic heterocycles. The molecule has 0 bridgehead atoms. The van der Waals surface area contributed by atoms with Crippen LogP contribution in [0, 0.1) is 16.7 Å². The van der Waals surface area contributed by atoms with Gasteiger partial charge in [-0.2, -0.15) is 5.26 Å². The topological polar surface area (TPSA) is 104 Å². The van der Waals surface area contributed by atoms with E-state index in [1.807, 2.05) is 18.2 Å². The van der Waals surface area contributed by atoms with Gasteiger partial charge in [0, 0.05) is 24.0 Å². The number of hydrogen-bond acceptors (Lipinski definition) is 5. The highest BCUT2D eigenvalue weighted by molar-refractivity contribution is 5.95. The Bertz CT molecular complexity index is 1260. The third kappa shape index (κ3) is 4.53. The van der Waals surface area contributed by atoms with Crippen LogP contribution in [0.5, 0.6) is 0 Å². The molecule has 2 N–H and O–H groups in total. The molecule has 3 aromatic rings. The van der Waals surface area contributed by atoms with Crippen LogP contribution in [0.15, 0.2) is 42.6 Å².